The molecule has 0 aliphatic carbocycles. The molecule has 0 atom stereocenters. The van der Waals surface area contributed by atoms with Crippen molar-refractivity contribution in [3.05, 3.63) is 12.1 Å². The van der Waals surface area contributed by atoms with Crippen molar-refractivity contribution in [2.45, 2.75) is 32.8 Å². The maximum absolute atomic E-state index is 10.9. The minimum atomic E-state index is -0.377. The largest absolute Gasteiger partial charge is 0.447 e. The van der Waals surface area contributed by atoms with E-state index in [1.165, 1.54) is 0 Å². The van der Waals surface area contributed by atoms with Gasteiger partial charge in [-0.2, -0.15) is 0 Å². The average Bonchev–Trinajstić information content (AvgIpc) is 1.96. The van der Waals surface area contributed by atoms with Crippen molar-refractivity contribution in [2.75, 3.05) is 6.54 Å². The SMILES string of the molecule is [B]C(=C)CCCNC(=O)OC(C)C. The maximum atomic E-state index is 10.9. The number of carbonyl (C=O) groups is 1. The van der Waals surface area contributed by atoms with Crippen molar-refractivity contribution < 1.29 is 9.53 Å². The van der Waals surface area contributed by atoms with Crippen LogP contribution in [-0.4, -0.2) is 26.6 Å². The number of amides is 1. The van der Waals surface area contributed by atoms with Crippen molar-refractivity contribution in [3.8, 4) is 0 Å². The second-order valence-electron chi connectivity index (χ2n) is 3.14. The summed E-state index contributed by atoms with van der Waals surface area (Å²) in [4.78, 5) is 10.9. The van der Waals surface area contributed by atoms with Crippen LogP contribution in [0.4, 0.5) is 4.79 Å². The molecule has 0 spiro atoms. The van der Waals surface area contributed by atoms with Crippen molar-refractivity contribution in [3.63, 3.8) is 0 Å². The predicted octanol–water partition coefficient (Wildman–Crippen LogP) is 1.58. The number of hydrogen-bond acceptors (Lipinski definition) is 2. The van der Waals surface area contributed by atoms with Crippen LogP contribution in [0, 0.1) is 0 Å². The predicted molar refractivity (Wildman–Crippen MR) is 53.7 cm³/mol. The monoisotopic (exact) mass is 181 g/mol. The van der Waals surface area contributed by atoms with E-state index in [1.54, 1.807) is 13.8 Å². The summed E-state index contributed by atoms with van der Waals surface area (Å²) >= 11 is 0. The van der Waals surface area contributed by atoms with Gasteiger partial charge in [-0.1, -0.05) is 0 Å². The summed E-state index contributed by atoms with van der Waals surface area (Å²) in [6.45, 7) is 7.74. The minimum Gasteiger partial charge on any atom is -0.447 e. The Bertz CT molecular complexity index is 180. The van der Waals surface area contributed by atoms with Gasteiger partial charge in [0.05, 0.1) is 6.10 Å². The van der Waals surface area contributed by atoms with Crippen LogP contribution < -0.4 is 5.32 Å². The zero-order valence-electron chi connectivity index (χ0n) is 8.30. The van der Waals surface area contributed by atoms with E-state index < -0.39 is 0 Å². The van der Waals surface area contributed by atoms with E-state index in [0.29, 0.717) is 12.0 Å². The smallest absolute Gasteiger partial charge is 0.407 e. The van der Waals surface area contributed by atoms with Gasteiger partial charge >= 0.3 is 6.09 Å². The molecule has 0 aromatic carbocycles. The maximum Gasteiger partial charge on any atom is 0.407 e. The molecule has 72 valence electrons. The Hall–Kier alpha value is -0.925. The first-order valence-electron chi connectivity index (χ1n) is 4.40. The molecule has 0 aromatic heterocycles. The summed E-state index contributed by atoms with van der Waals surface area (Å²) in [6.07, 6.45) is 1.06. The second kappa shape index (κ2) is 6.58. The van der Waals surface area contributed by atoms with Crippen molar-refractivity contribution in [2.24, 2.45) is 0 Å². The van der Waals surface area contributed by atoms with Crippen LogP contribution in [0.5, 0.6) is 0 Å². The number of alkyl carbamates (subject to hydrolysis) is 1. The van der Waals surface area contributed by atoms with Crippen molar-refractivity contribution >= 4 is 13.9 Å². The normalized spacial score (nSPS) is 9.77. The van der Waals surface area contributed by atoms with Crippen LogP contribution in [0.3, 0.4) is 0 Å². The molecule has 0 aliphatic rings. The first-order valence-corrected chi connectivity index (χ1v) is 4.40. The van der Waals surface area contributed by atoms with Gasteiger partial charge in [0.15, 0.2) is 0 Å². The molecule has 2 radical (unpaired) electrons. The molecule has 0 aromatic rings. The Balaban J connectivity index is 3.32. The van der Waals surface area contributed by atoms with Gasteiger partial charge in [-0.15, -0.1) is 12.1 Å². The Morgan fingerprint density at radius 2 is 2.23 bits per heavy atom. The number of allylic oxidation sites excluding steroid dienone is 1. The molecule has 0 heterocycles. The van der Waals surface area contributed by atoms with Crippen LogP contribution in [0.15, 0.2) is 12.1 Å². The molecular weight excluding hydrogens is 165 g/mol. The van der Waals surface area contributed by atoms with E-state index in [0.717, 1.165) is 12.8 Å². The topological polar surface area (TPSA) is 38.3 Å². The molecule has 0 rings (SSSR count). The van der Waals surface area contributed by atoms with Crippen LogP contribution in [0.1, 0.15) is 26.7 Å². The highest BCUT2D eigenvalue weighted by atomic mass is 16.6. The fourth-order valence-electron chi connectivity index (χ4n) is 0.762. The van der Waals surface area contributed by atoms with E-state index >= 15 is 0 Å². The lowest BCUT2D eigenvalue weighted by molar-refractivity contribution is 0.115. The molecule has 4 heteroatoms. The van der Waals surface area contributed by atoms with Crippen LogP contribution in [0.25, 0.3) is 0 Å². The molecule has 0 bridgehead atoms. The molecule has 1 N–H and O–H groups in total. The first-order chi connectivity index (χ1) is 6.02. The van der Waals surface area contributed by atoms with E-state index in [1.807, 2.05) is 0 Å². The zero-order chi connectivity index (χ0) is 10.3. The third-order valence-electron chi connectivity index (χ3n) is 1.29. The molecule has 0 fully saturated rings. The first kappa shape index (κ1) is 12.1. The lowest BCUT2D eigenvalue weighted by Crippen LogP contribution is -2.27. The summed E-state index contributed by atoms with van der Waals surface area (Å²) in [7, 11) is 5.35. The van der Waals surface area contributed by atoms with Gasteiger partial charge in [-0.3, -0.25) is 0 Å². The number of hydrogen-bond donors (Lipinski definition) is 1. The summed E-state index contributed by atoms with van der Waals surface area (Å²) in [5.41, 5.74) is 0.638. The van der Waals surface area contributed by atoms with E-state index in [9.17, 15) is 4.79 Å². The molecule has 0 saturated carbocycles. The quantitative estimate of drug-likeness (QED) is 0.516. The van der Waals surface area contributed by atoms with Crippen LogP contribution in [0.2, 0.25) is 0 Å². The van der Waals surface area contributed by atoms with E-state index in [-0.39, 0.29) is 12.2 Å². The summed E-state index contributed by atoms with van der Waals surface area (Å²) < 4.78 is 4.85. The van der Waals surface area contributed by atoms with Crippen LogP contribution >= 0.6 is 0 Å². The Morgan fingerprint density at radius 3 is 2.69 bits per heavy atom. The number of ether oxygens (including phenoxy) is 1. The van der Waals surface area contributed by atoms with Gasteiger partial charge in [-0.25, -0.2) is 4.79 Å². The highest BCUT2D eigenvalue weighted by Crippen LogP contribution is 1.95. The third-order valence-corrected chi connectivity index (χ3v) is 1.29. The fourth-order valence-corrected chi connectivity index (χ4v) is 0.762. The number of carbonyl (C=O) groups excluding carboxylic acids is 1. The van der Waals surface area contributed by atoms with Gasteiger partial charge in [0.2, 0.25) is 0 Å². The van der Waals surface area contributed by atoms with Gasteiger partial charge in [-0.05, 0) is 26.7 Å². The molecule has 0 aliphatic heterocycles. The summed E-state index contributed by atoms with van der Waals surface area (Å²) in [5, 5.41) is 2.61. The second-order valence-corrected chi connectivity index (χ2v) is 3.14. The average molecular weight is 181 g/mol. The highest BCUT2D eigenvalue weighted by Gasteiger charge is 2.02. The number of rotatable bonds is 5. The van der Waals surface area contributed by atoms with Gasteiger partial charge < -0.3 is 10.1 Å². The molecule has 0 saturated heterocycles. The molecular formula is C9H16BNO2. The fraction of sp³-hybridized carbons (Fsp3) is 0.667. The minimum absolute atomic E-state index is 0.0792. The lowest BCUT2D eigenvalue weighted by Gasteiger charge is -2.09. The molecule has 3 nitrogen and oxygen atoms in total. The third kappa shape index (κ3) is 8.99. The summed E-state index contributed by atoms with van der Waals surface area (Å²) in [6, 6.07) is 0. The van der Waals surface area contributed by atoms with Crippen molar-refractivity contribution in [1.82, 2.24) is 5.32 Å². The van der Waals surface area contributed by atoms with Gasteiger partial charge in [0.1, 0.15) is 7.85 Å². The highest BCUT2D eigenvalue weighted by molar-refractivity contribution is 6.21. The zero-order valence-corrected chi connectivity index (χ0v) is 8.30. The standard InChI is InChI=1S/C9H16BNO2/c1-7(2)13-9(12)11-6-4-5-8(3)10/h7H,3-6H2,1-2H3,(H,11,12). The number of nitrogens with one attached hydrogen (secondary N) is 1. The molecule has 13 heavy (non-hydrogen) atoms. The Kier molecular flexibility index (Phi) is 6.11. The Morgan fingerprint density at radius 1 is 1.62 bits per heavy atom. The van der Waals surface area contributed by atoms with Gasteiger partial charge in [0, 0.05) is 6.54 Å². The van der Waals surface area contributed by atoms with E-state index in [2.05, 4.69) is 11.9 Å². The van der Waals surface area contributed by atoms with Crippen molar-refractivity contribution in [1.29, 1.82) is 0 Å². The van der Waals surface area contributed by atoms with E-state index in [4.69, 9.17) is 12.6 Å². The summed E-state index contributed by atoms with van der Waals surface area (Å²) in [5.74, 6) is 0. The lowest BCUT2D eigenvalue weighted by atomic mass is 9.93. The molecule has 1 amide bonds. The van der Waals surface area contributed by atoms with Crippen LogP contribution in [-0.2, 0) is 4.74 Å². The molecule has 0 unspecified atom stereocenters. The Labute approximate surface area is 80.9 Å². The van der Waals surface area contributed by atoms with Gasteiger partial charge in [0.25, 0.3) is 0 Å².